The number of benzene rings is 1. The highest BCUT2D eigenvalue weighted by Crippen LogP contribution is 2.33. The van der Waals surface area contributed by atoms with Crippen molar-refractivity contribution >= 4 is 5.78 Å². The monoisotopic (exact) mass is 313 g/mol. The molecule has 0 bridgehead atoms. The van der Waals surface area contributed by atoms with Gasteiger partial charge in [0.1, 0.15) is 0 Å². The first kappa shape index (κ1) is 16.7. The molecule has 0 N–H and O–H groups in total. The Balaban J connectivity index is 2.31. The highest BCUT2D eigenvalue weighted by Gasteiger charge is 2.32. The van der Waals surface area contributed by atoms with Crippen LogP contribution in [-0.4, -0.2) is 37.0 Å². The molecule has 0 spiro atoms. The van der Waals surface area contributed by atoms with Crippen molar-refractivity contribution < 1.29 is 22.7 Å². The zero-order valence-corrected chi connectivity index (χ0v) is 12.1. The van der Waals surface area contributed by atoms with Crippen molar-refractivity contribution in [3.8, 4) is 0 Å². The van der Waals surface area contributed by atoms with Crippen LogP contribution in [0.15, 0.2) is 36.9 Å². The van der Waals surface area contributed by atoms with Crippen molar-refractivity contribution in [1.82, 2.24) is 4.90 Å². The molecule has 1 unspecified atom stereocenters. The van der Waals surface area contributed by atoms with Crippen LogP contribution in [-0.2, 0) is 15.7 Å². The lowest BCUT2D eigenvalue weighted by atomic mass is 9.97. The summed E-state index contributed by atoms with van der Waals surface area (Å²) < 4.78 is 43.9. The van der Waals surface area contributed by atoms with E-state index in [1.54, 1.807) is 6.07 Å². The Kier molecular flexibility index (Phi) is 5.37. The third-order valence-electron chi connectivity index (χ3n) is 3.71. The van der Waals surface area contributed by atoms with Crippen LogP contribution >= 0.6 is 0 Å². The normalized spacial score (nSPS) is 18.0. The van der Waals surface area contributed by atoms with Crippen LogP contribution in [0.2, 0.25) is 0 Å². The second-order valence-electron chi connectivity index (χ2n) is 5.16. The van der Waals surface area contributed by atoms with E-state index in [1.807, 2.05) is 4.90 Å². The number of carbonyl (C=O) groups is 1. The Morgan fingerprint density at radius 1 is 1.36 bits per heavy atom. The minimum atomic E-state index is -4.39. The SMILES string of the molecule is C=CC(=O)CC(c1cccc(C(F)(F)F)c1)N1CCOCC1. The molecule has 1 aliphatic rings. The first-order valence-corrected chi connectivity index (χ1v) is 7.06. The van der Waals surface area contributed by atoms with Gasteiger partial charge in [-0.1, -0.05) is 18.7 Å². The molecule has 1 heterocycles. The largest absolute Gasteiger partial charge is 0.416 e. The molecule has 0 saturated carbocycles. The summed E-state index contributed by atoms with van der Waals surface area (Å²) in [6.07, 6.45) is -3.07. The van der Waals surface area contributed by atoms with Crippen molar-refractivity contribution in [3.63, 3.8) is 0 Å². The summed E-state index contributed by atoms with van der Waals surface area (Å²) in [4.78, 5) is 13.7. The highest BCUT2D eigenvalue weighted by molar-refractivity contribution is 5.89. The number of ether oxygens (including phenoxy) is 1. The zero-order valence-electron chi connectivity index (χ0n) is 12.1. The molecule has 22 heavy (non-hydrogen) atoms. The van der Waals surface area contributed by atoms with Gasteiger partial charge in [-0.25, -0.2) is 0 Å². The second-order valence-corrected chi connectivity index (χ2v) is 5.16. The number of ketones is 1. The first-order valence-electron chi connectivity index (χ1n) is 7.06. The summed E-state index contributed by atoms with van der Waals surface area (Å²) in [6, 6.07) is 4.78. The van der Waals surface area contributed by atoms with Crippen molar-refractivity contribution in [2.75, 3.05) is 26.3 Å². The first-order chi connectivity index (χ1) is 10.4. The van der Waals surface area contributed by atoms with Gasteiger partial charge in [0.05, 0.1) is 18.8 Å². The summed E-state index contributed by atoms with van der Waals surface area (Å²) in [7, 11) is 0. The molecular formula is C16H18F3NO2. The van der Waals surface area contributed by atoms with E-state index >= 15 is 0 Å². The molecule has 0 radical (unpaired) electrons. The predicted octanol–water partition coefficient (Wildman–Crippen LogP) is 3.22. The maximum Gasteiger partial charge on any atom is 0.416 e. The van der Waals surface area contributed by atoms with Crippen LogP contribution < -0.4 is 0 Å². The van der Waals surface area contributed by atoms with Crippen molar-refractivity contribution in [1.29, 1.82) is 0 Å². The molecule has 1 aromatic rings. The number of allylic oxidation sites excluding steroid dienone is 1. The van der Waals surface area contributed by atoms with Gasteiger partial charge in [0.25, 0.3) is 0 Å². The zero-order chi connectivity index (χ0) is 16.2. The van der Waals surface area contributed by atoms with Gasteiger partial charge in [-0.2, -0.15) is 13.2 Å². The average molecular weight is 313 g/mol. The van der Waals surface area contributed by atoms with Crippen molar-refractivity contribution in [2.24, 2.45) is 0 Å². The van der Waals surface area contributed by atoms with E-state index in [0.717, 1.165) is 12.1 Å². The maximum absolute atomic E-state index is 12.9. The molecule has 0 amide bonds. The molecule has 6 heteroatoms. The summed E-state index contributed by atoms with van der Waals surface area (Å²) in [5.74, 6) is -0.186. The summed E-state index contributed by atoms with van der Waals surface area (Å²) >= 11 is 0. The Bertz CT molecular complexity index is 536. The lowest BCUT2D eigenvalue weighted by Gasteiger charge is -2.34. The maximum atomic E-state index is 12.9. The van der Waals surface area contributed by atoms with Crippen LogP contribution in [0.3, 0.4) is 0 Å². The highest BCUT2D eigenvalue weighted by atomic mass is 19.4. The standard InChI is InChI=1S/C16H18F3NO2/c1-2-14(21)11-15(20-6-8-22-9-7-20)12-4-3-5-13(10-12)16(17,18)19/h2-5,10,15H,1,6-9,11H2. The van der Waals surface area contributed by atoms with Crippen LogP contribution in [0.5, 0.6) is 0 Å². The summed E-state index contributed by atoms with van der Waals surface area (Å²) in [6.45, 7) is 5.64. The van der Waals surface area contributed by atoms with E-state index in [4.69, 9.17) is 4.74 Å². The number of hydrogen-bond acceptors (Lipinski definition) is 3. The van der Waals surface area contributed by atoms with E-state index in [0.29, 0.717) is 31.9 Å². The van der Waals surface area contributed by atoms with Crippen LogP contribution in [0.25, 0.3) is 0 Å². The molecule has 2 rings (SSSR count). The van der Waals surface area contributed by atoms with Crippen LogP contribution in [0.1, 0.15) is 23.6 Å². The van der Waals surface area contributed by atoms with E-state index in [-0.39, 0.29) is 12.2 Å². The molecule has 120 valence electrons. The van der Waals surface area contributed by atoms with Gasteiger partial charge in [0.2, 0.25) is 0 Å². The van der Waals surface area contributed by atoms with E-state index < -0.39 is 17.8 Å². The minimum Gasteiger partial charge on any atom is -0.379 e. The Morgan fingerprint density at radius 2 is 2.05 bits per heavy atom. The molecule has 0 aliphatic carbocycles. The van der Waals surface area contributed by atoms with Gasteiger partial charge in [0.15, 0.2) is 5.78 Å². The molecule has 1 atom stereocenters. The fraction of sp³-hybridized carbons (Fsp3) is 0.438. The smallest absolute Gasteiger partial charge is 0.379 e. The Labute approximate surface area is 127 Å². The topological polar surface area (TPSA) is 29.5 Å². The third kappa shape index (κ3) is 4.18. The average Bonchev–Trinajstić information content (AvgIpc) is 2.52. The van der Waals surface area contributed by atoms with Gasteiger partial charge in [-0.15, -0.1) is 0 Å². The summed E-state index contributed by atoms with van der Waals surface area (Å²) in [5, 5.41) is 0. The number of nitrogens with zero attached hydrogens (tertiary/aromatic N) is 1. The number of halogens is 3. The van der Waals surface area contributed by atoms with Crippen molar-refractivity contribution in [3.05, 3.63) is 48.0 Å². The molecule has 1 aromatic carbocycles. The van der Waals surface area contributed by atoms with Gasteiger partial charge in [-0.3, -0.25) is 9.69 Å². The second kappa shape index (κ2) is 7.07. The lowest BCUT2D eigenvalue weighted by molar-refractivity contribution is -0.137. The minimum absolute atomic E-state index is 0.116. The van der Waals surface area contributed by atoms with Gasteiger partial charge >= 0.3 is 6.18 Å². The molecule has 1 fully saturated rings. The third-order valence-corrected chi connectivity index (χ3v) is 3.71. The molecule has 0 aromatic heterocycles. The Morgan fingerprint density at radius 3 is 2.64 bits per heavy atom. The van der Waals surface area contributed by atoms with Gasteiger partial charge < -0.3 is 4.74 Å². The fourth-order valence-corrected chi connectivity index (χ4v) is 2.54. The van der Waals surface area contributed by atoms with E-state index in [2.05, 4.69) is 6.58 Å². The molecule has 3 nitrogen and oxygen atoms in total. The lowest BCUT2D eigenvalue weighted by Crippen LogP contribution is -2.39. The summed E-state index contributed by atoms with van der Waals surface area (Å²) in [5.41, 5.74) is -0.207. The molecule has 1 saturated heterocycles. The number of carbonyl (C=O) groups excluding carboxylic acids is 1. The van der Waals surface area contributed by atoms with Crippen LogP contribution in [0, 0.1) is 0 Å². The van der Waals surface area contributed by atoms with Crippen LogP contribution in [0.4, 0.5) is 13.2 Å². The van der Waals surface area contributed by atoms with Gasteiger partial charge in [0, 0.05) is 25.6 Å². The number of morpholine rings is 1. The van der Waals surface area contributed by atoms with Gasteiger partial charge in [-0.05, 0) is 23.8 Å². The van der Waals surface area contributed by atoms with Crippen molar-refractivity contribution in [2.45, 2.75) is 18.6 Å². The molecule has 1 aliphatic heterocycles. The number of rotatable bonds is 5. The molecular weight excluding hydrogens is 295 g/mol. The number of hydrogen-bond donors (Lipinski definition) is 0. The van der Waals surface area contributed by atoms with E-state index in [1.165, 1.54) is 12.1 Å². The predicted molar refractivity (Wildman–Crippen MR) is 76.4 cm³/mol. The quantitative estimate of drug-likeness (QED) is 0.782. The fourth-order valence-electron chi connectivity index (χ4n) is 2.54. The Hall–Kier alpha value is -1.66. The van der Waals surface area contributed by atoms with E-state index in [9.17, 15) is 18.0 Å². The number of alkyl halides is 3.